The third-order valence-electron chi connectivity index (χ3n) is 2.55. The molecule has 0 heterocycles. The molecule has 0 aliphatic carbocycles. The van der Waals surface area contributed by atoms with Crippen LogP contribution in [0, 0.1) is 0 Å². The lowest BCUT2D eigenvalue weighted by molar-refractivity contribution is -0.125. The summed E-state index contributed by atoms with van der Waals surface area (Å²) in [6, 6.07) is 5.21. The highest BCUT2D eigenvalue weighted by Crippen LogP contribution is 2.14. The highest BCUT2D eigenvalue weighted by Gasteiger charge is 2.19. The molecule has 1 amide bonds. The minimum atomic E-state index is -3.55. The Labute approximate surface area is 117 Å². The van der Waals surface area contributed by atoms with Gasteiger partial charge in [-0.1, -0.05) is 0 Å². The summed E-state index contributed by atoms with van der Waals surface area (Å²) in [5.41, 5.74) is 5.11. The van der Waals surface area contributed by atoms with E-state index < -0.39 is 28.0 Å². The van der Waals surface area contributed by atoms with Crippen LogP contribution in [0.3, 0.4) is 0 Å². The van der Waals surface area contributed by atoms with Crippen molar-refractivity contribution in [3.63, 3.8) is 0 Å². The normalized spacial score (nSPS) is 13.0. The second-order valence-electron chi connectivity index (χ2n) is 4.26. The Hall–Kier alpha value is -1.93. The number of primary amides is 1. The van der Waals surface area contributed by atoms with Gasteiger partial charge in [-0.3, -0.25) is 4.79 Å². The number of rotatable bonds is 5. The number of nitrogens with two attached hydrogens (primary N) is 1. The smallest absolute Gasteiger partial charge is 0.338 e. The molecule has 110 valence electrons. The van der Waals surface area contributed by atoms with Crippen LogP contribution in [-0.4, -0.2) is 44.8 Å². The maximum atomic E-state index is 11.8. The third kappa shape index (κ3) is 3.55. The summed E-state index contributed by atoms with van der Waals surface area (Å²) >= 11 is 0. The molecule has 7 nitrogen and oxygen atoms in total. The lowest BCUT2D eigenvalue weighted by atomic mass is 10.2. The Bertz CT molecular complexity index is 607. The monoisotopic (exact) mass is 300 g/mol. The molecular formula is C12H16N2O5S. The molecule has 0 aliphatic heterocycles. The van der Waals surface area contributed by atoms with E-state index in [4.69, 9.17) is 10.5 Å². The van der Waals surface area contributed by atoms with Gasteiger partial charge in [-0.25, -0.2) is 17.5 Å². The largest absolute Gasteiger partial charge is 0.449 e. The van der Waals surface area contributed by atoms with E-state index in [9.17, 15) is 18.0 Å². The van der Waals surface area contributed by atoms with E-state index in [-0.39, 0.29) is 10.5 Å². The third-order valence-corrected chi connectivity index (χ3v) is 4.38. The fraction of sp³-hybridized carbons (Fsp3) is 0.333. The summed E-state index contributed by atoms with van der Waals surface area (Å²) in [6.45, 7) is 1.35. The Morgan fingerprint density at radius 3 is 2.10 bits per heavy atom. The maximum Gasteiger partial charge on any atom is 0.338 e. The van der Waals surface area contributed by atoms with Crippen LogP contribution in [0.2, 0.25) is 0 Å². The van der Waals surface area contributed by atoms with Gasteiger partial charge in [0.05, 0.1) is 10.5 Å². The van der Waals surface area contributed by atoms with Crippen LogP contribution in [0.1, 0.15) is 17.3 Å². The predicted octanol–water partition coefficient (Wildman–Crippen LogP) is -0.0325. The molecule has 8 heteroatoms. The van der Waals surface area contributed by atoms with Crippen LogP contribution in [0.4, 0.5) is 0 Å². The molecule has 0 aromatic heterocycles. The number of esters is 1. The van der Waals surface area contributed by atoms with Crippen LogP contribution in [0.5, 0.6) is 0 Å². The van der Waals surface area contributed by atoms with E-state index in [1.165, 1.54) is 45.3 Å². The fourth-order valence-electron chi connectivity index (χ4n) is 1.26. The van der Waals surface area contributed by atoms with Crippen molar-refractivity contribution in [1.82, 2.24) is 4.31 Å². The van der Waals surface area contributed by atoms with Gasteiger partial charge in [0.15, 0.2) is 6.10 Å². The van der Waals surface area contributed by atoms with Gasteiger partial charge in [0.1, 0.15) is 0 Å². The van der Waals surface area contributed by atoms with Gasteiger partial charge in [0.2, 0.25) is 10.0 Å². The molecule has 1 atom stereocenters. The fourth-order valence-corrected chi connectivity index (χ4v) is 2.16. The molecule has 20 heavy (non-hydrogen) atoms. The van der Waals surface area contributed by atoms with Crippen molar-refractivity contribution < 1.29 is 22.7 Å². The van der Waals surface area contributed by atoms with Crippen molar-refractivity contribution in [2.45, 2.75) is 17.9 Å². The second-order valence-corrected chi connectivity index (χ2v) is 6.41. The molecule has 1 rings (SSSR count). The zero-order valence-corrected chi connectivity index (χ0v) is 12.2. The minimum Gasteiger partial charge on any atom is -0.449 e. The van der Waals surface area contributed by atoms with E-state index in [1.807, 2.05) is 0 Å². The predicted molar refractivity (Wildman–Crippen MR) is 71.4 cm³/mol. The topological polar surface area (TPSA) is 107 Å². The van der Waals surface area contributed by atoms with Crippen molar-refractivity contribution in [3.05, 3.63) is 29.8 Å². The first kappa shape index (κ1) is 16.1. The molecular weight excluding hydrogens is 284 g/mol. The van der Waals surface area contributed by atoms with Crippen molar-refractivity contribution in [1.29, 1.82) is 0 Å². The number of hydrogen-bond donors (Lipinski definition) is 1. The summed E-state index contributed by atoms with van der Waals surface area (Å²) in [7, 11) is -0.731. The quantitative estimate of drug-likeness (QED) is 0.768. The van der Waals surface area contributed by atoms with Gasteiger partial charge < -0.3 is 10.5 Å². The van der Waals surface area contributed by atoms with Crippen molar-refractivity contribution >= 4 is 21.9 Å². The van der Waals surface area contributed by atoms with Crippen LogP contribution in [-0.2, 0) is 19.6 Å². The molecule has 0 saturated heterocycles. The van der Waals surface area contributed by atoms with Gasteiger partial charge in [0, 0.05) is 14.1 Å². The van der Waals surface area contributed by atoms with Gasteiger partial charge in [-0.05, 0) is 31.2 Å². The van der Waals surface area contributed by atoms with Gasteiger partial charge in [-0.15, -0.1) is 0 Å². The number of carbonyl (C=O) groups is 2. The Morgan fingerprint density at radius 2 is 1.70 bits per heavy atom. The summed E-state index contributed by atoms with van der Waals surface area (Å²) < 4.78 is 29.5. The molecule has 0 fully saturated rings. The molecule has 1 aromatic carbocycles. The van der Waals surface area contributed by atoms with Gasteiger partial charge >= 0.3 is 5.97 Å². The number of amides is 1. The number of nitrogens with zero attached hydrogens (tertiary/aromatic N) is 1. The van der Waals surface area contributed by atoms with E-state index >= 15 is 0 Å². The lowest BCUT2D eigenvalue weighted by Crippen LogP contribution is -2.30. The van der Waals surface area contributed by atoms with Crippen molar-refractivity contribution in [2.75, 3.05) is 14.1 Å². The number of carbonyl (C=O) groups excluding carboxylic acids is 2. The van der Waals surface area contributed by atoms with Crippen LogP contribution in [0.25, 0.3) is 0 Å². The number of sulfonamides is 1. The van der Waals surface area contributed by atoms with Crippen LogP contribution >= 0.6 is 0 Å². The summed E-state index contributed by atoms with van der Waals surface area (Å²) in [5.74, 6) is -1.50. The van der Waals surface area contributed by atoms with Gasteiger partial charge in [-0.2, -0.15) is 0 Å². The Morgan fingerprint density at radius 1 is 1.20 bits per heavy atom. The van der Waals surface area contributed by atoms with Crippen molar-refractivity contribution in [2.24, 2.45) is 5.73 Å². The van der Waals surface area contributed by atoms with E-state index in [1.54, 1.807) is 0 Å². The average molecular weight is 300 g/mol. The Balaban J connectivity index is 2.92. The molecule has 0 radical (unpaired) electrons. The first-order chi connectivity index (χ1) is 9.16. The molecule has 0 spiro atoms. The van der Waals surface area contributed by atoms with E-state index in [0.29, 0.717) is 0 Å². The van der Waals surface area contributed by atoms with Crippen LogP contribution < -0.4 is 5.73 Å². The van der Waals surface area contributed by atoms with Crippen molar-refractivity contribution in [3.8, 4) is 0 Å². The molecule has 0 unspecified atom stereocenters. The molecule has 0 saturated carbocycles. The van der Waals surface area contributed by atoms with E-state index in [0.717, 1.165) is 4.31 Å². The zero-order chi connectivity index (χ0) is 15.5. The maximum absolute atomic E-state index is 11.8. The van der Waals surface area contributed by atoms with Crippen LogP contribution in [0.15, 0.2) is 29.2 Å². The molecule has 0 aliphatic rings. The highest BCUT2D eigenvalue weighted by molar-refractivity contribution is 7.89. The lowest BCUT2D eigenvalue weighted by Gasteiger charge is -2.12. The Kier molecular flexibility index (Phi) is 4.85. The summed E-state index contributed by atoms with van der Waals surface area (Å²) in [4.78, 5) is 22.5. The standard InChI is InChI=1S/C12H16N2O5S/c1-8(11(13)15)19-12(16)9-4-6-10(7-5-9)20(17,18)14(2)3/h4-8H,1-3H3,(H2,13,15)/t8-/m1/s1. The molecule has 1 aromatic rings. The number of ether oxygens (including phenoxy) is 1. The number of benzene rings is 1. The summed E-state index contributed by atoms with van der Waals surface area (Å²) in [5, 5.41) is 0. The molecule has 0 bridgehead atoms. The second kappa shape index (κ2) is 6.02. The molecule has 2 N–H and O–H groups in total. The number of hydrogen-bond acceptors (Lipinski definition) is 5. The summed E-state index contributed by atoms with van der Waals surface area (Å²) in [6.07, 6.45) is -1.05. The zero-order valence-electron chi connectivity index (χ0n) is 11.4. The average Bonchev–Trinajstić information content (AvgIpc) is 2.38. The van der Waals surface area contributed by atoms with Gasteiger partial charge in [0.25, 0.3) is 5.91 Å². The SMILES string of the molecule is C[C@@H](OC(=O)c1ccc(S(=O)(=O)N(C)C)cc1)C(N)=O. The first-order valence-corrected chi connectivity index (χ1v) is 7.13. The van der Waals surface area contributed by atoms with E-state index in [2.05, 4.69) is 0 Å². The highest BCUT2D eigenvalue weighted by atomic mass is 32.2. The first-order valence-electron chi connectivity index (χ1n) is 5.69. The minimum absolute atomic E-state index is 0.0574.